The van der Waals surface area contributed by atoms with Crippen molar-refractivity contribution >= 4 is 5.91 Å². The van der Waals surface area contributed by atoms with Crippen molar-refractivity contribution in [3.63, 3.8) is 0 Å². The first-order valence-electron chi connectivity index (χ1n) is 9.29. The van der Waals surface area contributed by atoms with Gasteiger partial charge in [-0.1, -0.05) is 25.0 Å². The van der Waals surface area contributed by atoms with Gasteiger partial charge in [0, 0.05) is 26.2 Å². The lowest BCUT2D eigenvalue weighted by atomic mass is 9.77. The van der Waals surface area contributed by atoms with Gasteiger partial charge in [0.25, 0.3) is 0 Å². The second-order valence-corrected chi connectivity index (χ2v) is 7.86. The lowest BCUT2D eigenvalue weighted by molar-refractivity contribution is -0.136. The Hall–Kier alpha value is -1.55. The highest BCUT2D eigenvalue weighted by molar-refractivity contribution is 5.89. The van der Waals surface area contributed by atoms with Crippen molar-refractivity contribution in [2.24, 2.45) is 11.8 Å². The third kappa shape index (κ3) is 2.43. The van der Waals surface area contributed by atoms with E-state index in [0.717, 1.165) is 68.7 Å². The van der Waals surface area contributed by atoms with Gasteiger partial charge in [-0.2, -0.15) is 0 Å². The molecule has 24 heavy (non-hydrogen) atoms. The molecule has 2 atom stereocenters. The number of carbonyl (C=O) groups is 1. The van der Waals surface area contributed by atoms with Crippen LogP contribution in [0.3, 0.4) is 0 Å². The maximum absolute atomic E-state index is 13.6. The van der Waals surface area contributed by atoms with Crippen LogP contribution in [0, 0.1) is 18.8 Å². The Labute approximate surface area is 144 Å². The van der Waals surface area contributed by atoms with E-state index in [1.807, 2.05) is 0 Å². The summed E-state index contributed by atoms with van der Waals surface area (Å²) in [6.07, 6.45) is 4.23. The lowest BCUT2D eigenvalue weighted by Gasteiger charge is -2.33. The maximum Gasteiger partial charge on any atom is 0.233 e. The number of fused-ring (bicyclic) bond motifs is 1. The van der Waals surface area contributed by atoms with E-state index in [0.29, 0.717) is 17.7 Å². The van der Waals surface area contributed by atoms with Crippen LogP contribution in [0.4, 0.5) is 0 Å². The molecule has 2 heterocycles. The summed E-state index contributed by atoms with van der Waals surface area (Å²) in [5, 5.41) is 3.46. The smallest absolute Gasteiger partial charge is 0.233 e. The van der Waals surface area contributed by atoms with Gasteiger partial charge in [-0.25, -0.2) is 0 Å². The molecule has 1 N–H and O–H groups in total. The number of hydrogen-bond acceptors (Lipinski definition) is 3. The molecule has 1 aromatic carbocycles. The van der Waals surface area contributed by atoms with Crippen molar-refractivity contribution < 1.29 is 9.53 Å². The normalized spacial score (nSPS) is 28.2. The van der Waals surface area contributed by atoms with Crippen LogP contribution in [-0.4, -0.2) is 44.1 Å². The summed E-state index contributed by atoms with van der Waals surface area (Å²) in [6.45, 7) is 6.06. The zero-order valence-corrected chi connectivity index (χ0v) is 14.8. The number of carbonyl (C=O) groups excluding carboxylic acids is 1. The fourth-order valence-electron chi connectivity index (χ4n) is 5.05. The molecule has 3 fully saturated rings. The highest BCUT2D eigenvalue weighted by Crippen LogP contribution is 2.45. The summed E-state index contributed by atoms with van der Waals surface area (Å²) in [6, 6.07) is 6.36. The van der Waals surface area contributed by atoms with Crippen molar-refractivity contribution in [3.8, 4) is 5.75 Å². The molecule has 2 saturated heterocycles. The van der Waals surface area contributed by atoms with E-state index in [-0.39, 0.29) is 5.41 Å². The molecule has 0 spiro atoms. The van der Waals surface area contributed by atoms with Crippen LogP contribution in [0.2, 0.25) is 0 Å². The number of hydrogen-bond donors (Lipinski definition) is 1. The van der Waals surface area contributed by atoms with Crippen LogP contribution in [-0.2, 0) is 10.2 Å². The number of nitrogens with one attached hydrogen (secondary N) is 1. The molecule has 0 aromatic heterocycles. The van der Waals surface area contributed by atoms with Gasteiger partial charge in [0.2, 0.25) is 5.91 Å². The number of ether oxygens (including phenoxy) is 1. The number of aryl methyl sites for hydroxylation is 1. The Morgan fingerprint density at radius 3 is 2.50 bits per heavy atom. The lowest BCUT2D eigenvalue weighted by Crippen LogP contribution is -2.45. The van der Waals surface area contributed by atoms with E-state index in [1.54, 1.807) is 7.11 Å². The van der Waals surface area contributed by atoms with Gasteiger partial charge in [-0.3, -0.25) is 4.79 Å². The molecule has 1 amide bonds. The Morgan fingerprint density at radius 2 is 1.88 bits per heavy atom. The molecule has 0 bridgehead atoms. The summed E-state index contributed by atoms with van der Waals surface area (Å²) < 4.78 is 5.52. The molecular weight excluding hydrogens is 300 g/mol. The standard InChI is InChI=1S/C20H28N2O2/c1-14-5-6-17(9-18(14)24-2)20(7-3-4-8-20)19(23)22-12-15-10-21-11-16(15)13-22/h5-6,9,15-16,21H,3-4,7-8,10-13H2,1-2H3/t15-,16+. The van der Waals surface area contributed by atoms with E-state index < -0.39 is 0 Å². The van der Waals surface area contributed by atoms with Crippen LogP contribution < -0.4 is 10.1 Å². The number of nitrogens with zero attached hydrogens (tertiary/aromatic N) is 1. The van der Waals surface area contributed by atoms with Crippen molar-refractivity contribution in [2.45, 2.75) is 38.0 Å². The monoisotopic (exact) mass is 328 g/mol. The molecule has 0 unspecified atom stereocenters. The molecule has 4 nitrogen and oxygen atoms in total. The average Bonchev–Trinajstić information content (AvgIpc) is 3.30. The Balaban J connectivity index is 1.65. The molecule has 4 rings (SSSR count). The van der Waals surface area contributed by atoms with E-state index >= 15 is 0 Å². The number of benzene rings is 1. The predicted octanol–water partition coefficient (Wildman–Crippen LogP) is 2.49. The fraction of sp³-hybridized carbons (Fsp3) is 0.650. The van der Waals surface area contributed by atoms with Gasteiger partial charge in [0.1, 0.15) is 5.75 Å². The van der Waals surface area contributed by atoms with Crippen LogP contribution in [0.1, 0.15) is 36.8 Å². The second kappa shape index (κ2) is 6.07. The Bertz CT molecular complexity index is 625. The quantitative estimate of drug-likeness (QED) is 0.927. The van der Waals surface area contributed by atoms with E-state index in [4.69, 9.17) is 4.74 Å². The minimum atomic E-state index is -0.326. The third-order valence-corrected chi connectivity index (χ3v) is 6.50. The summed E-state index contributed by atoms with van der Waals surface area (Å²) in [5.41, 5.74) is 1.96. The Morgan fingerprint density at radius 1 is 1.21 bits per heavy atom. The van der Waals surface area contributed by atoms with Crippen molar-refractivity contribution in [3.05, 3.63) is 29.3 Å². The first-order valence-corrected chi connectivity index (χ1v) is 9.29. The summed E-state index contributed by atoms with van der Waals surface area (Å²) >= 11 is 0. The van der Waals surface area contributed by atoms with Crippen molar-refractivity contribution in [1.82, 2.24) is 10.2 Å². The summed E-state index contributed by atoms with van der Waals surface area (Å²) in [5.74, 6) is 2.56. The van der Waals surface area contributed by atoms with E-state index in [2.05, 4.69) is 35.3 Å². The third-order valence-electron chi connectivity index (χ3n) is 6.50. The SMILES string of the molecule is COc1cc(C2(C(=O)N3C[C@H]4CNC[C@H]4C3)CCCC2)ccc1C. The first-order chi connectivity index (χ1) is 11.6. The molecule has 3 aliphatic rings. The van der Waals surface area contributed by atoms with Crippen molar-refractivity contribution in [1.29, 1.82) is 0 Å². The molecule has 2 aliphatic heterocycles. The second-order valence-electron chi connectivity index (χ2n) is 7.86. The van der Waals surface area contributed by atoms with E-state index in [1.165, 1.54) is 0 Å². The van der Waals surface area contributed by atoms with Crippen molar-refractivity contribution in [2.75, 3.05) is 33.3 Å². The molecule has 4 heteroatoms. The minimum absolute atomic E-state index is 0.326. The maximum atomic E-state index is 13.6. The van der Waals surface area contributed by atoms with Crippen LogP contribution >= 0.6 is 0 Å². The predicted molar refractivity (Wildman–Crippen MR) is 94.3 cm³/mol. The van der Waals surface area contributed by atoms with Crippen LogP contribution in [0.15, 0.2) is 18.2 Å². The number of rotatable bonds is 3. The number of amides is 1. The molecule has 0 radical (unpaired) electrons. The van der Waals surface area contributed by atoms with Gasteiger partial charge in [-0.15, -0.1) is 0 Å². The summed E-state index contributed by atoms with van der Waals surface area (Å²) in [7, 11) is 1.71. The van der Waals surface area contributed by atoms with Crippen LogP contribution in [0.5, 0.6) is 5.75 Å². The fourth-order valence-corrected chi connectivity index (χ4v) is 5.05. The van der Waals surface area contributed by atoms with E-state index in [9.17, 15) is 4.79 Å². The first kappa shape index (κ1) is 15.9. The molecule has 1 saturated carbocycles. The van der Waals surface area contributed by atoms with Gasteiger partial charge in [0.15, 0.2) is 0 Å². The zero-order valence-electron chi connectivity index (χ0n) is 14.8. The van der Waals surface area contributed by atoms with Gasteiger partial charge < -0.3 is 15.0 Å². The molecule has 1 aliphatic carbocycles. The van der Waals surface area contributed by atoms with Gasteiger partial charge in [-0.05, 0) is 48.8 Å². The summed E-state index contributed by atoms with van der Waals surface area (Å²) in [4.78, 5) is 15.7. The minimum Gasteiger partial charge on any atom is -0.496 e. The molecule has 1 aromatic rings. The highest BCUT2D eigenvalue weighted by Gasteiger charge is 2.48. The zero-order chi connectivity index (χ0) is 16.7. The Kier molecular flexibility index (Phi) is 4.03. The average molecular weight is 328 g/mol. The van der Waals surface area contributed by atoms with Gasteiger partial charge >= 0.3 is 0 Å². The highest BCUT2D eigenvalue weighted by atomic mass is 16.5. The topological polar surface area (TPSA) is 41.6 Å². The molecule has 130 valence electrons. The number of likely N-dealkylation sites (tertiary alicyclic amines) is 1. The number of methoxy groups -OCH3 is 1. The molecular formula is C20H28N2O2. The van der Waals surface area contributed by atoms with Crippen LogP contribution in [0.25, 0.3) is 0 Å². The van der Waals surface area contributed by atoms with Gasteiger partial charge in [0.05, 0.1) is 12.5 Å². The largest absolute Gasteiger partial charge is 0.496 e.